The van der Waals surface area contributed by atoms with Gasteiger partial charge in [-0.1, -0.05) is 6.07 Å². The molecule has 1 aromatic carbocycles. The number of halogens is 1. The number of primary amides is 1. The standard InChI is InChI=1S/C23H30FN3O4S/c1-13-3-4-17(9-18(13)24)27(32(30)31)23(5-2-6-23)21(29)26-19-15-7-14-8-16(19)12-22(10-14,11-15)20(25)28/h3-4,9,14-16,19H,2,5-8,10-12H2,1H3,(H2,25,28)(H,26,29)(H,30,31)/p-1. The highest BCUT2D eigenvalue weighted by Gasteiger charge is 2.59. The van der Waals surface area contributed by atoms with E-state index in [2.05, 4.69) is 5.32 Å². The Balaban J connectivity index is 1.41. The predicted octanol–water partition coefficient (Wildman–Crippen LogP) is 2.45. The molecule has 0 spiro atoms. The van der Waals surface area contributed by atoms with Crippen molar-refractivity contribution < 1.29 is 22.7 Å². The second-order valence-electron chi connectivity index (χ2n) is 10.4. The van der Waals surface area contributed by atoms with Gasteiger partial charge in [-0.3, -0.25) is 18.1 Å². The molecule has 7 nitrogen and oxygen atoms in total. The summed E-state index contributed by atoms with van der Waals surface area (Å²) in [5.74, 6) is -0.237. The summed E-state index contributed by atoms with van der Waals surface area (Å²) in [7, 11) is 0. The molecular formula is C23H29FN3O4S-. The van der Waals surface area contributed by atoms with Gasteiger partial charge in [0, 0.05) is 22.7 Å². The molecule has 2 amide bonds. The number of carbonyl (C=O) groups is 2. The van der Waals surface area contributed by atoms with Gasteiger partial charge in [-0.2, -0.15) is 0 Å². The number of anilines is 1. The maximum Gasteiger partial charge on any atom is 0.247 e. The lowest BCUT2D eigenvalue weighted by molar-refractivity contribution is -0.148. The zero-order valence-electron chi connectivity index (χ0n) is 18.1. The summed E-state index contributed by atoms with van der Waals surface area (Å²) in [6.07, 6.45) is 5.65. The van der Waals surface area contributed by atoms with Crippen LogP contribution < -0.4 is 15.4 Å². The van der Waals surface area contributed by atoms with Crippen molar-refractivity contribution in [1.82, 2.24) is 5.32 Å². The van der Waals surface area contributed by atoms with E-state index in [1.807, 2.05) is 0 Å². The average molecular weight is 463 g/mol. The van der Waals surface area contributed by atoms with Crippen LogP contribution in [-0.4, -0.2) is 32.2 Å². The second kappa shape index (κ2) is 7.52. The summed E-state index contributed by atoms with van der Waals surface area (Å²) in [5, 5.41) is 3.19. The molecule has 0 radical (unpaired) electrons. The van der Waals surface area contributed by atoms with E-state index in [0.29, 0.717) is 37.2 Å². The van der Waals surface area contributed by atoms with Crippen LogP contribution in [0.25, 0.3) is 0 Å². The van der Waals surface area contributed by atoms with Crippen molar-refractivity contribution in [2.45, 2.75) is 69.9 Å². The molecule has 5 aliphatic rings. The topological polar surface area (TPSA) is 116 Å². The van der Waals surface area contributed by atoms with Gasteiger partial charge in [-0.05, 0) is 93.7 Å². The van der Waals surface area contributed by atoms with Crippen LogP contribution >= 0.6 is 0 Å². The molecule has 5 aliphatic carbocycles. The van der Waals surface area contributed by atoms with Crippen LogP contribution in [0.5, 0.6) is 0 Å². The molecule has 5 saturated carbocycles. The fourth-order valence-corrected chi connectivity index (χ4v) is 7.90. The van der Waals surface area contributed by atoms with Crippen LogP contribution in [0.4, 0.5) is 10.1 Å². The van der Waals surface area contributed by atoms with Gasteiger partial charge in [0.1, 0.15) is 11.4 Å². The average Bonchev–Trinajstić information content (AvgIpc) is 2.68. The highest BCUT2D eigenvalue weighted by molar-refractivity contribution is 7.80. The van der Waals surface area contributed by atoms with Gasteiger partial charge < -0.3 is 15.6 Å². The highest BCUT2D eigenvalue weighted by Crippen LogP contribution is 2.60. The molecule has 0 aromatic heterocycles. The zero-order chi connectivity index (χ0) is 22.8. The minimum Gasteiger partial charge on any atom is -0.755 e. The number of nitrogens with one attached hydrogen (secondary N) is 1. The third kappa shape index (κ3) is 3.19. The molecule has 32 heavy (non-hydrogen) atoms. The summed E-state index contributed by atoms with van der Waals surface area (Å²) in [4.78, 5) is 25.8. The van der Waals surface area contributed by atoms with Gasteiger partial charge in [0.15, 0.2) is 0 Å². The number of aryl methyl sites for hydroxylation is 1. The molecule has 0 heterocycles. The van der Waals surface area contributed by atoms with E-state index < -0.39 is 28.0 Å². The second-order valence-corrected chi connectivity index (χ2v) is 11.2. The van der Waals surface area contributed by atoms with Gasteiger partial charge >= 0.3 is 0 Å². The quantitative estimate of drug-likeness (QED) is 0.632. The Hall–Kier alpha value is -2.00. The summed E-state index contributed by atoms with van der Waals surface area (Å²) in [5.41, 5.74) is 4.64. The smallest absolute Gasteiger partial charge is 0.247 e. The molecule has 174 valence electrons. The number of benzene rings is 1. The first-order valence-corrected chi connectivity index (χ1v) is 12.4. The van der Waals surface area contributed by atoms with Gasteiger partial charge in [-0.15, -0.1) is 0 Å². The van der Waals surface area contributed by atoms with Crippen molar-refractivity contribution in [3.63, 3.8) is 0 Å². The van der Waals surface area contributed by atoms with Gasteiger partial charge in [0.25, 0.3) is 0 Å². The van der Waals surface area contributed by atoms with E-state index in [0.717, 1.165) is 30.0 Å². The van der Waals surface area contributed by atoms with Crippen molar-refractivity contribution >= 4 is 28.8 Å². The fraction of sp³-hybridized carbons (Fsp3) is 0.652. The number of carbonyl (C=O) groups excluding carboxylic acids is 2. The fourth-order valence-electron chi connectivity index (χ4n) is 7.07. The molecule has 1 aromatic rings. The summed E-state index contributed by atoms with van der Waals surface area (Å²) >= 11 is -2.74. The van der Waals surface area contributed by atoms with E-state index in [-0.39, 0.29) is 35.4 Å². The Morgan fingerprint density at radius 2 is 1.88 bits per heavy atom. The first-order valence-electron chi connectivity index (χ1n) is 11.4. The van der Waals surface area contributed by atoms with Crippen LogP contribution in [-0.2, 0) is 20.9 Å². The lowest BCUT2D eigenvalue weighted by Crippen LogP contribution is -2.68. The van der Waals surface area contributed by atoms with Crippen molar-refractivity contribution in [2.24, 2.45) is 28.9 Å². The minimum absolute atomic E-state index is 0.0827. The maximum atomic E-state index is 14.2. The van der Waals surface area contributed by atoms with Crippen molar-refractivity contribution in [1.29, 1.82) is 0 Å². The molecule has 4 bridgehead atoms. The van der Waals surface area contributed by atoms with E-state index in [1.165, 1.54) is 12.1 Å². The highest BCUT2D eigenvalue weighted by atomic mass is 32.2. The van der Waals surface area contributed by atoms with Crippen LogP contribution in [0.1, 0.15) is 56.9 Å². The molecule has 6 rings (SSSR count). The number of hydrogen-bond donors (Lipinski definition) is 2. The molecule has 0 aliphatic heterocycles. The largest absolute Gasteiger partial charge is 0.755 e. The number of nitrogens with two attached hydrogens (primary N) is 1. The SMILES string of the molecule is Cc1ccc(N(S(=O)[O-])C2(C(=O)NC3C4CC5CC3CC(C(N)=O)(C5)C4)CCC2)cc1F. The number of amides is 2. The van der Waals surface area contributed by atoms with Crippen LogP contribution in [0.15, 0.2) is 18.2 Å². The van der Waals surface area contributed by atoms with E-state index in [4.69, 9.17) is 5.73 Å². The third-order valence-electron chi connectivity index (χ3n) is 8.62. The third-order valence-corrected chi connectivity index (χ3v) is 9.48. The molecular weight excluding hydrogens is 433 g/mol. The lowest BCUT2D eigenvalue weighted by Gasteiger charge is -2.59. The van der Waals surface area contributed by atoms with E-state index in [1.54, 1.807) is 13.0 Å². The first kappa shape index (κ1) is 21.8. The monoisotopic (exact) mass is 462 g/mol. The molecule has 9 heteroatoms. The Morgan fingerprint density at radius 1 is 1.22 bits per heavy atom. The number of hydrogen-bond acceptors (Lipinski definition) is 4. The van der Waals surface area contributed by atoms with Gasteiger partial charge in [0.05, 0.1) is 5.69 Å². The Morgan fingerprint density at radius 3 is 2.38 bits per heavy atom. The molecule has 5 fully saturated rings. The number of nitrogens with zero attached hydrogens (tertiary/aromatic N) is 1. The minimum atomic E-state index is -2.74. The summed E-state index contributed by atoms with van der Waals surface area (Å²) in [6, 6.07) is 4.16. The van der Waals surface area contributed by atoms with Crippen molar-refractivity contribution in [3.8, 4) is 0 Å². The normalized spacial score (nSPS) is 35.1. The molecule has 0 saturated heterocycles. The first-order chi connectivity index (χ1) is 15.1. The molecule has 3 N–H and O–H groups in total. The predicted molar refractivity (Wildman–Crippen MR) is 116 cm³/mol. The van der Waals surface area contributed by atoms with Crippen LogP contribution in [0.3, 0.4) is 0 Å². The van der Waals surface area contributed by atoms with Crippen molar-refractivity contribution in [2.75, 3.05) is 4.31 Å². The van der Waals surface area contributed by atoms with E-state index in [9.17, 15) is 22.7 Å². The maximum absolute atomic E-state index is 14.2. The Kier molecular flexibility index (Phi) is 5.13. The lowest BCUT2D eigenvalue weighted by atomic mass is 9.47. The Labute approximate surface area is 189 Å². The molecule has 3 unspecified atom stereocenters. The molecule has 3 atom stereocenters. The zero-order valence-corrected chi connectivity index (χ0v) is 19.0. The van der Waals surface area contributed by atoms with Gasteiger partial charge in [-0.25, -0.2) is 4.39 Å². The van der Waals surface area contributed by atoms with Gasteiger partial charge in [0.2, 0.25) is 11.8 Å². The number of rotatable bonds is 6. The van der Waals surface area contributed by atoms with Crippen LogP contribution in [0, 0.1) is 35.9 Å². The van der Waals surface area contributed by atoms with E-state index >= 15 is 0 Å². The van der Waals surface area contributed by atoms with Crippen molar-refractivity contribution in [3.05, 3.63) is 29.6 Å². The Bertz CT molecular complexity index is 981. The summed E-state index contributed by atoms with van der Waals surface area (Å²) in [6.45, 7) is 1.61. The van der Waals surface area contributed by atoms with Crippen LogP contribution in [0.2, 0.25) is 0 Å². The summed E-state index contributed by atoms with van der Waals surface area (Å²) < 4.78 is 39.8.